The average Bonchev–Trinajstić information content (AvgIpc) is 2.76. The fourth-order valence-corrected chi connectivity index (χ4v) is 2.64. The van der Waals surface area contributed by atoms with E-state index in [0.29, 0.717) is 0 Å². The fraction of sp³-hybridized carbons (Fsp3) is 0.700. The van der Waals surface area contributed by atoms with Gasteiger partial charge in [0.05, 0.1) is 11.2 Å². The van der Waals surface area contributed by atoms with Gasteiger partial charge in [-0.3, -0.25) is 4.90 Å². The zero-order valence-electron chi connectivity index (χ0n) is 8.07. The number of aromatic nitrogens is 1. The SMILES string of the molecule is CCC1CCCN1Cc1cscn1. The molecule has 1 saturated heterocycles. The molecule has 0 radical (unpaired) electrons. The van der Waals surface area contributed by atoms with Crippen LogP contribution in [-0.4, -0.2) is 22.5 Å². The van der Waals surface area contributed by atoms with Crippen molar-refractivity contribution in [3.8, 4) is 0 Å². The molecule has 2 heterocycles. The summed E-state index contributed by atoms with van der Waals surface area (Å²) in [5, 5.41) is 2.16. The molecule has 0 amide bonds. The summed E-state index contributed by atoms with van der Waals surface area (Å²) in [7, 11) is 0. The number of likely N-dealkylation sites (tertiary alicyclic amines) is 1. The van der Waals surface area contributed by atoms with Crippen molar-refractivity contribution in [1.29, 1.82) is 0 Å². The Morgan fingerprint density at radius 1 is 1.69 bits per heavy atom. The lowest BCUT2D eigenvalue weighted by molar-refractivity contribution is 0.238. The Balaban J connectivity index is 1.94. The number of thiazole rings is 1. The van der Waals surface area contributed by atoms with E-state index in [1.54, 1.807) is 11.3 Å². The molecule has 13 heavy (non-hydrogen) atoms. The lowest BCUT2D eigenvalue weighted by Crippen LogP contribution is -2.28. The molecule has 1 atom stereocenters. The summed E-state index contributed by atoms with van der Waals surface area (Å²) in [6.45, 7) is 4.60. The standard InChI is InChI=1S/C10H16N2S/c1-2-10-4-3-5-12(10)6-9-7-13-8-11-9/h7-8,10H,2-6H2,1H3. The second-order valence-corrected chi connectivity index (χ2v) is 4.37. The highest BCUT2D eigenvalue weighted by Gasteiger charge is 2.22. The summed E-state index contributed by atoms with van der Waals surface area (Å²) < 4.78 is 0. The van der Waals surface area contributed by atoms with E-state index in [-0.39, 0.29) is 0 Å². The van der Waals surface area contributed by atoms with Gasteiger partial charge in [0.1, 0.15) is 0 Å². The van der Waals surface area contributed by atoms with Crippen LogP contribution in [0, 0.1) is 0 Å². The smallest absolute Gasteiger partial charge is 0.0795 e. The van der Waals surface area contributed by atoms with Crippen molar-refractivity contribution >= 4 is 11.3 Å². The molecule has 1 aromatic heterocycles. The second kappa shape index (κ2) is 4.20. The average molecular weight is 196 g/mol. The third-order valence-corrected chi connectivity index (χ3v) is 3.45. The Morgan fingerprint density at radius 3 is 3.31 bits per heavy atom. The Hall–Kier alpha value is -0.410. The lowest BCUT2D eigenvalue weighted by atomic mass is 10.2. The van der Waals surface area contributed by atoms with Gasteiger partial charge in [-0.1, -0.05) is 6.92 Å². The lowest BCUT2D eigenvalue weighted by Gasteiger charge is -2.21. The van der Waals surface area contributed by atoms with Gasteiger partial charge in [-0.15, -0.1) is 11.3 Å². The summed E-state index contributed by atoms with van der Waals surface area (Å²) in [4.78, 5) is 6.89. The molecule has 1 unspecified atom stereocenters. The van der Waals surface area contributed by atoms with Gasteiger partial charge in [0.2, 0.25) is 0 Å². The monoisotopic (exact) mass is 196 g/mol. The Labute approximate surface area is 83.6 Å². The first kappa shape index (κ1) is 9.16. The van der Waals surface area contributed by atoms with Gasteiger partial charge in [-0.05, 0) is 25.8 Å². The van der Waals surface area contributed by atoms with E-state index in [9.17, 15) is 0 Å². The molecule has 2 nitrogen and oxygen atoms in total. The van der Waals surface area contributed by atoms with Crippen LogP contribution in [0.1, 0.15) is 31.9 Å². The van der Waals surface area contributed by atoms with Crippen molar-refractivity contribution in [1.82, 2.24) is 9.88 Å². The predicted molar refractivity (Wildman–Crippen MR) is 55.8 cm³/mol. The fourth-order valence-electron chi connectivity index (χ4n) is 2.09. The molecule has 0 saturated carbocycles. The van der Waals surface area contributed by atoms with Crippen LogP contribution in [0.4, 0.5) is 0 Å². The first-order valence-corrected chi connectivity index (χ1v) is 5.95. The summed E-state index contributed by atoms with van der Waals surface area (Å²) in [6, 6.07) is 0.807. The molecule has 72 valence electrons. The van der Waals surface area contributed by atoms with E-state index < -0.39 is 0 Å². The number of nitrogens with zero attached hydrogens (tertiary/aromatic N) is 2. The van der Waals surface area contributed by atoms with E-state index in [0.717, 1.165) is 12.6 Å². The minimum atomic E-state index is 0.807. The normalized spacial score (nSPS) is 23.9. The molecular formula is C10H16N2S. The highest BCUT2D eigenvalue weighted by Crippen LogP contribution is 2.21. The van der Waals surface area contributed by atoms with Crippen molar-refractivity contribution < 1.29 is 0 Å². The second-order valence-electron chi connectivity index (χ2n) is 3.65. The summed E-state index contributed by atoms with van der Waals surface area (Å²) in [5.74, 6) is 0. The maximum Gasteiger partial charge on any atom is 0.0795 e. The summed E-state index contributed by atoms with van der Waals surface area (Å²) in [5.41, 5.74) is 3.16. The molecule has 1 aromatic rings. The van der Waals surface area contributed by atoms with Gasteiger partial charge in [-0.25, -0.2) is 4.98 Å². The molecule has 0 N–H and O–H groups in total. The molecular weight excluding hydrogens is 180 g/mol. The quantitative estimate of drug-likeness (QED) is 0.738. The van der Waals surface area contributed by atoms with Crippen molar-refractivity contribution in [2.24, 2.45) is 0 Å². The van der Waals surface area contributed by atoms with Crippen LogP contribution in [0.15, 0.2) is 10.9 Å². The minimum absolute atomic E-state index is 0.807. The van der Waals surface area contributed by atoms with Crippen LogP contribution in [0.25, 0.3) is 0 Å². The van der Waals surface area contributed by atoms with Gasteiger partial charge in [-0.2, -0.15) is 0 Å². The van der Waals surface area contributed by atoms with E-state index >= 15 is 0 Å². The number of hydrogen-bond donors (Lipinski definition) is 0. The molecule has 1 fully saturated rings. The Morgan fingerprint density at radius 2 is 2.62 bits per heavy atom. The largest absolute Gasteiger partial charge is 0.295 e. The third-order valence-electron chi connectivity index (χ3n) is 2.82. The topological polar surface area (TPSA) is 16.1 Å². The van der Waals surface area contributed by atoms with Crippen molar-refractivity contribution in [2.45, 2.75) is 38.8 Å². The molecule has 2 rings (SSSR count). The highest BCUT2D eigenvalue weighted by atomic mass is 32.1. The molecule has 0 aliphatic carbocycles. The maximum absolute atomic E-state index is 4.33. The van der Waals surface area contributed by atoms with E-state index in [1.165, 1.54) is 31.5 Å². The van der Waals surface area contributed by atoms with Crippen molar-refractivity contribution in [2.75, 3.05) is 6.54 Å². The van der Waals surface area contributed by atoms with E-state index in [2.05, 4.69) is 22.2 Å². The highest BCUT2D eigenvalue weighted by molar-refractivity contribution is 7.07. The van der Waals surface area contributed by atoms with Crippen molar-refractivity contribution in [3.63, 3.8) is 0 Å². The van der Waals surface area contributed by atoms with Crippen LogP contribution in [0.2, 0.25) is 0 Å². The van der Waals surface area contributed by atoms with Crippen LogP contribution in [0.3, 0.4) is 0 Å². The molecule has 3 heteroatoms. The van der Waals surface area contributed by atoms with Crippen LogP contribution < -0.4 is 0 Å². The van der Waals surface area contributed by atoms with Gasteiger partial charge < -0.3 is 0 Å². The van der Waals surface area contributed by atoms with Crippen LogP contribution in [-0.2, 0) is 6.54 Å². The summed E-state index contributed by atoms with van der Waals surface area (Å²) >= 11 is 1.69. The van der Waals surface area contributed by atoms with Crippen LogP contribution in [0.5, 0.6) is 0 Å². The van der Waals surface area contributed by atoms with Gasteiger partial charge in [0.25, 0.3) is 0 Å². The molecule has 0 aromatic carbocycles. The van der Waals surface area contributed by atoms with Crippen LogP contribution >= 0.6 is 11.3 Å². The predicted octanol–water partition coefficient (Wildman–Crippen LogP) is 2.52. The molecule has 0 spiro atoms. The van der Waals surface area contributed by atoms with Gasteiger partial charge >= 0.3 is 0 Å². The number of hydrogen-bond acceptors (Lipinski definition) is 3. The first-order valence-electron chi connectivity index (χ1n) is 5.01. The Bertz CT molecular complexity index is 245. The maximum atomic E-state index is 4.33. The van der Waals surface area contributed by atoms with Crippen molar-refractivity contribution in [3.05, 3.63) is 16.6 Å². The van der Waals surface area contributed by atoms with E-state index in [1.807, 2.05) is 5.51 Å². The summed E-state index contributed by atoms with van der Waals surface area (Å²) in [6.07, 6.45) is 4.02. The zero-order valence-corrected chi connectivity index (χ0v) is 8.89. The molecule has 0 bridgehead atoms. The molecule has 1 aliphatic heterocycles. The number of rotatable bonds is 3. The zero-order chi connectivity index (χ0) is 9.10. The minimum Gasteiger partial charge on any atom is -0.295 e. The van der Waals surface area contributed by atoms with Gasteiger partial charge in [0.15, 0.2) is 0 Å². The first-order chi connectivity index (χ1) is 6.40. The Kier molecular flexibility index (Phi) is 2.96. The third kappa shape index (κ3) is 2.09. The molecule has 1 aliphatic rings. The van der Waals surface area contributed by atoms with E-state index in [4.69, 9.17) is 0 Å². The van der Waals surface area contributed by atoms with Gasteiger partial charge in [0, 0.05) is 18.0 Å².